The Kier molecular flexibility index (Phi) is 5.41. The maximum atomic E-state index is 13.3. The number of nitrogens with zero attached hydrogens (tertiary/aromatic N) is 2. The van der Waals surface area contributed by atoms with Gasteiger partial charge in [0.25, 0.3) is 5.91 Å². The van der Waals surface area contributed by atoms with Crippen LogP contribution in [0.4, 0.5) is 4.39 Å². The summed E-state index contributed by atoms with van der Waals surface area (Å²) in [5.41, 5.74) is 0. The van der Waals surface area contributed by atoms with Crippen molar-refractivity contribution in [3.05, 3.63) is 30.1 Å². The van der Waals surface area contributed by atoms with Gasteiger partial charge in [-0.1, -0.05) is 6.07 Å². The van der Waals surface area contributed by atoms with Crippen LogP contribution in [-0.2, 0) is 14.8 Å². The highest BCUT2D eigenvalue weighted by atomic mass is 32.2. The Hall–Kier alpha value is -1.51. The van der Waals surface area contributed by atoms with E-state index in [-0.39, 0.29) is 16.8 Å². The molecule has 2 saturated heterocycles. The van der Waals surface area contributed by atoms with E-state index in [1.165, 1.54) is 22.5 Å². The maximum Gasteiger partial charge on any atom is 0.280 e. The average molecular weight is 370 g/mol. The summed E-state index contributed by atoms with van der Waals surface area (Å²) in [4.78, 5) is 15.5. The number of hydrogen-bond acceptors (Lipinski definition) is 3. The van der Waals surface area contributed by atoms with Crippen LogP contribution in [0.2, 0.25) is 0 Å². The predicted octanol–water partition coefficient (Wildman–Crippen LogP) is -0.274. The number of hydrogen-bond donors (Lipinski definition) is 1. The first kappa shape index (κ1) is 18.3. The highest BCUT2D eigenvalue weighted by Gasteiger charge is 2.36. The normalized spacial score (nSPS) is 21.4. The van der Waals surface area contributed by atoms with Crippen LogP contribution in [0.15, 0.2) is 29.2 Å². The molecule has 1 atom stereocenters. The molecule has 1 aromatic rings. The molecule has 1 amide bonds. The molecule has 2 aliphatic rings. The van der Waals surface area contributed by atoms with Gasteiger partial charge in [0, 0.05) is 13.1 Å². The van der Waals surface area contributed by atoms with Crippen molar-refractivity contribution in [3.63, 3.8) is 0 Å². The van der Waals surface area contributed by atoms with Gasteiger partial charge in [-0.05, 0) is 38.0 Å². The molecule has 25 heavy (non-hydrogen) atoms. The topological polar surface area (TPSA) is 62.1 Å². The quantitative estimate of drug-likeness (QED) is 0.794. The van der Waals surface area contributed by atoms with E-state index in [0.717, 1.165) is 36.9 Å². The molecule has 2 aliphatic heterocycles. The number of halogens is 1. The van der Waals surface area contributed by atoms with Crippen LogP contribution in [0.1, 0.15) is 19.8 Å². The Labute approximate surface area is 148 Å². The molecule has 0 unspecified atom stereocenters. The van der Waals surface area contributed by atoms with E-state index in [0.29, 0.717) is 26.2 Å². The fourth-order valence-electron chi connectivity index (χ4n) is 3.61. The highest BCUT2D eigenvalue weighted by molar-refractivity contribution is 7.89. The first-order chi connectivity index (χ1) is 11.9. The van der Waals surface area contributed by atoms with E-state index in [1.807, 2.05) is 11.8 Å². The summed E-state index contributed by atoms with van der Waals surface area (Å²) >= 11 is 0. The van der Waals surface area contributed by atoms with E-state index in [2.05, 4.69) is 0 Å². The van der Waals surface area contributed by atoms with Gasteiger partial charge in [0.2, 0.25) is 10.0 Å². The number of amides is 1. The van der Waals surface area contributed by atoms with Crippen LogP contribution in [0, 0.1) is 5.82 Å². The third-order valence-electron chi connectivity index (χ3n) is 5.20. The fourth-order valence-corrected chi connectivity index (χ4v) is 5.08. The average Bonchev–Trinajstić information content (AvgIpc) is 3.15. The second-order valence-electron chi connectivity index (χ2n) is 6.77. The molecule has 0 aliphatic carbocycles. The Morgan fingerprint density at radius 2 is 1.80 bits per heavy atom. The van der Waals surface area contributed by atoms with Crippen LogP contribution in [-0.4, -0.2) is 68.8 Å². The van der Waals surface area contributed by atoms with Crippen LogP contribution in [0.5, 0.6) is 0 Å². The second kappa shape index (κ2) is 7.39. The van der Waals surface area contributed by atoms with Crippen molar-refractivity contribution in [1.29, 1.82) is 0 Å². The summed E-state index contributed by atoms with van der Waals surface area (Å²) in [6.45, 7) is 5.42. The highest BCUT2D eigenvalue weighted by Crippen LogP contribution is 2.16. The molecule has 1 N–H and O–H groups in total. The first-order valence-electron chi connectivity index (χ1n) is 8.78. The summed E-state index contributed by atoms with van der Waals surface area (Å²) in [5.74, 6) is -0.399. The molecular weight excluding hydrogens is 345 g/mol. The van der Waals surface area contributed by atoms with Gasteiger partial charge in [0.05, 0.1) is 31.1 Å². The maximum absolute atomic E-state index is 13.3. The van der Waals surface area contributed by atoms with E-state index in [4.69, 9.17) is 0 Å². The molecule has 0 saturated carbocycles. The smallest absolute Gasteiger partial charge is 0.280 e. The number of benzene rings is 1. The molecule has 3 rings (SSSR count). The molecular formula is C17H25FN3O3S+. The fraction of sp³-hybridized carbons (Fsp3) is 0.588. The van der Waals surface area contributed by atoms with Crippen molar-refractivity contribution in [1.82, 2.24) is 9.21 Å². The minimum atomic E-state index is -3.68. The zero-order chi connectivity index (χ0) is 18.0. The molecule has 6 nitrogen and oxygen atoms in total. The van der Waals surface area contributed by atoms with Gasteiger partial charge < -0.3 is 9.80 Å². The van der Waals surface area contributed by atoms with Crippen molar-refractivity contribution in [2.75, 3.05) is 39.3 Å². The Balaban J connectivity index is 1.62. The number of likely N-dealkylation sites (tertiary alicyclic amines) is 1. The Bertz CT molecular complexity index is 726. The molecule has 1 aromatic carbocycles. The molecule has 0 bridgehead atoms. The third kappa shape index (κ3) is 3.86. The zero-order valence-corrected chi connectivity index (χ0v) is 15.3. The minimum absolute atomic E-state index is 0.0165. The molecule has 0 spiro atoms. The van der Waals surface area contributed by atoms with Crippen molar-refractivity contribution >= 4 is 15.9 Å². The summed E-state index contributed by atoms with van der Waals surface area (Å²) in [6.07, 6.45) is 2.13. The van der Waals surface area contributed by atoms with E-state index < -0.39 is 15.8 Å². The number of carbonyl (C=O) groups is 1. The van der Waals surface area contributed by atoms with Gasteiger partial charge in [-0.3, -0.25) is 4.79 Å². The minimum Gasteiger partial charge on any atom is -0.338 e. The van der Waals surface area contributed by atoms with Crippen molar-refractivity contribution in [2.45, 2.75) is 30.7 Å². The lowest BCUT2D eigenvalue weighted by Gasteiger charge is -2.35. The monoisotopic (exact) mass is 370 g/mol. The number of nitrogens with one attached hydrogen (secondary N) is 1. The van der Waals surface area contributed by atoms with Gasteiger partial charge in [0.1, 0.15) is 5.82 Å². The van der Waals surface area contributed by atoms with Crippen molar-refractivity contribution in [2.24, 2.45) is 0 Å². The van der Waals surface area contributed by atoms with E-state index >= 15 is 0 Å². The number of rotatable bonds is 4. The lowest BCUT2D eigenvalue weighted by atomic mass is 10.2. The summed E-state index contributed by atoms with van der Waals surface area (Å²) in [6, 6.07) is 4.94. The third-order valence-corrected chi connectivity index (χ3v) is 7.09. The summed E-state index contributed by atoms with van der Waals surface area (Å²) in [7, 11) is -3.68. The lowest BCUT2D eigenvalue weighted by molar-refractivity contribution is -0.918. The van der Waals surface area contributed by atoms with E-state index in [9.17, 15) is 17.6 Å². The van der Waals surface area contributed by atoms with Crippen LogP contribution in [0.3, 0.4) is 0 Å². The molecule has 0 aromatic heterocycles. The van der Waals surface area contributed by atoms with Crippen LogP contribution in [0.25, 0.3) is 0 Å². The van der Waals surface area contributed by atoms with Gasteiger partial charge in [-0.25, -0.2) is 12.8 Å². The van der Waals surface area contributed by atoms with E-state index in [1.54, 1.807) is 0 Å². The van der Waals surface area contributed by atoms with Gasteiger partial charge in [-0.15, -0.1) is 0 Å². The number of sulfonamides is 1. The van der Waals surface area contributed by atoms with Gasteiger partial charge in [0.15, 0.2) is 6.04 Å². The largest absolute Gasteiger partial charge is 0.338 e. The number of quaternary nitrogens is 1. The summed E-state index contributed by atoms with van der Waals surface area (Å²) < 4.78 is 40.0. The predicted molar refractivity (Wildman–Crippen MR) is 91.1 cm³/mol. The molecule has 2 heterocycles. The van der Waals surface area contributed by atoms with Crippen LogP contribution >= 0.6 is 0 Å². The number of piperazine rings is 1. The lowest BCUT2D eigenvalue weighted by Crippen LogP contribution is -3.19. The SMILES string of the molecule is C[C@@H](C(=O)N1CCCC1)[NH+]1CCN(S(=O)(=O)c2cccc(F)c2)CC1. The zero-order valence-electron chi connectivity index (χ0n) is 14.4. The first-order valence-corrected chi connectivity index (χ1v) is 10.2. The van der Waals surface area contributed by atoms with Crippen molar-refractivity contribution in [3.8, 4) is 0 Å². The Morgan fingerprint density at radius 3 is 2.40 bits per heavy atom. The van der Waals surface area contributed by atoms with Crippen LogP contribution < -0.4 is 4.90 Å². The molecule has 138 valence electrons. The molecule has 2 fully saturated rings. The number of carbonyl (C=O) groups excluding carboxylic acids is 1. The Morgan fingerprint density at radius 1 is 1.16 bits per heavy atom. The standard InChI is InChI=1S/C17H24FN3O3S/c1-14(17(22)20-7-2-3-8-20)19-9-11-21(12-10-19)25(23,24)16-6-4-5-15(18)13-16/h4-6,13-14H,2-3,7-12H2,1H3/p+1/t14-/m0/s1. The van der Waals surface area contributed by atoms with Crippen molar-refractivity contribution < 1.29 is 22.5 Å². The second-order valence-corrected chi connectivity index (χ2v) is 8.71. The molecule has 0 radical (unpaired) electrons. The molecule has 8 heteroatoms. The summed E-state index contributed by atoms with van der Waals surface area (Å²) in [5, 5.41) is 0. The van der Waals surface area contributed by atoms with Gasteiger partial charge >= 0.3 is 0 Å². The van der Waals surface area contributed by atoms with Gasteiger partial charge in [-0.2, -0.15) is 4.31 Å².